The fourth-order valence-electron chi connectivity index (χ4n) is 3.69. The van der Waals surface area contributed by atoms with Crippen molar-refractivity contribution in [3.8, 4) is 11.4 Å². The van der Waals surface area contributed by atoms with Gasteiger partial charge in [0.05, 0.1) is 6.04 Å². The van der Waals surface area contributed by atoms with Gasteiger partial charge in [0, 0.05) is 52.0 Å². The van der Waals surface area contributed by atoms with Gasteiger partial charge in [-0.25, -0.2) is 13.2 Å². The first-order chi connectivity index (χ1) is 15.2. The summed E-state index contributed by atoms with van der Waals surface area (Å²) in [5.41, 5.74) is -0.560. The quantitative estimate of drug-likeness (QED) is 0.529. The second-order valence-electron chi connectivity index (χ2n) is 7.69. The molecule has 12 heteroatoms. The Morgan fingerprint density at radius 2 is 1.69 bits per heavy atom. The van der Waals surface area contributed by atoms with Gasteiger partial charge in [0.2, 0.25) is 21.7 Å². The molecule has 0 aliphatic carbocycles. The van der Waals surface area contributed by atoms with Crippen molar-refractivity contribution >= 4 is 10.0 Å². The summed E-state index contributed by atoms with van der Waals surface area (Å²) < 4.78 is 34.7. The molecule has 1 unspecified atom stereocenters. The molecule has 0 spiro atoms. The maximum absolute atomic E-state index is 13.1. The first-order valence-corrected chi connectivity index (χ1v) is 11.5. The first-order valence-electron chi connectivity index (χ1n) is 10.1. The van der Waals surface area contributed by atoms with Gasteiger partial charge in [-0.05, 0) is 6.92 Å². The van der Waals surface area contributed by atoms with E-state index in [4.69, 9.17) is 4.52 Å². The minimum absolute atomic E-state index is 0.193. The van der Waals surface area contributed by atoms with Gasteiger partial charge >= 0.3 is 5.69 Å². The van der Waals surface area contributed by atoms with Gasteiger partial charge in [0.15, 0.2) is 4.90 Å². The van der Waals surface area contributed by atoms with Crippen molar-refractivity contribution in [1.82, 2.24) is 28.5 Å². The van der Waals surface area contributed by atoms with Gasteiger partial charge in [-0.2, -0.15) is 9.29 Å². The first kappa shape index (κ1) is 22.1. The molecule has 1 saturated heterocycles. The van der Waals surface area contributed by atoms with E-state index >= 15 is 0 Å². The number of sulfonamides is 1. The molecule has 3 heterocycles. The lowest BCUT2D eigenvalue weighted by molar-refractivity contribution is 0.124. The van der Waals surface area contributed by atoms with Crippen LogP contribution < -0.4 is 11.2 Å². The highest BCUT2D eigenvalue weighted by Crippen LogP contribution is 2.24. The molecule has 170 valence electrons. The molecule has 3 aromatic rings. The van der Waals surface area contributed by atoms with Gasteiger partial charge in [0.1, 0.15) is 0 Å². The Kier molecular flexibility index (Phi) is 5.84. The third kappa shape index (κ3) is 3.92. The van der Waals surface area contributed by atoms with Gasteiger partial charge < -0.3 is 9.09 Å². The number of hydrogen-bond acceptors (Lipinski definition) is 8. The smallest absolute Gasteiger partial charge is 0.330 e. The molecule has 0 bridgehead atoms. The van der Waals surface area contributed by atoms with Crippen LogP contribution in [0.1, 0.15) is 18.9 Å². The van der Waals surface area contributed by atoms with Crippen molar-refractivity contribution < 1.29 is 12.9 Å². The number of piperazine rings is 1. The number of aromatic nitrogens is 4. The summed E-state index contributed by atoms with van der Waals surface area (Å²) in [7, 11) is -1.37. The SMILES string of the molecule is CC(c1nc(-c2ccccc2)no1)N1CCN(S(=O)(=O)c2cn(C)c(=O)n(C)c2=O)CC1. The zero-order valence-corrected chi connectivity index (χ0v) is 18.8. The standard InChI is InChI=1S/C20H24N6O5S/c1-14(18-21-17(22-31-18)15-7-5-4-6-8-15)25-9-11-26(12-10-25)32(29,30)16-13-23(2)20(28)24(3)19(16)27/h4-8,13-14H,9-12H2,1-3H3. The molecule has 1 aliphatic rings. The Morgan fingerprint density at radius 1 is 1.03 bits per heavy atom. The maximum Gasteiger partial charge on any atom is 0.330 e. The summed E-state index contributed by atoms with van der Waals surface area (Å²) in [4.78, 5) is 30.4. The van der Waals surface area contributed by atoms with Crippen LogP contribution in [0.4, 0.5) is 0 Å². The molecule has 1 aliphatic heterocycles. The van der Waals surface area contributed by atoms with Crippen LogP contribution in [-0.2, 0) is 24.1 Å². The molecule has 0 N–H and O–H groups in total. The summed E-state index contributed by atoms with van der Waals surface area (Å²) >= 11 is 0. The minimum atomic E-state index is -4.04. The third-order valence-corrected chi connectivity index (χ3v) is 7.57. The topological polar surface area (TPSA) is 124 Å². The molecule has 11 nitrogen and oxygen atoms in total. The summed E-state index contributed by atoms with van der Waals surface area (Å²) in [6.07, 6.45) is 1.08. The van der Waals surface area contributed by atoms with E-state index < -0.39 is 26.2 Å². The molecule has 1 aromatic carbocycles. The summed E-state index contributed by atoms with van der Waals surface area (Å²) in [5, 5.41) is 4.05. The predicted molar refractivity (Wildman–Crippen MR) is 115 cm³/mol. The zero-order valence-electron chi connectivity index (χ0n) is 18.0. The predicted octanol–water partition coefficient (Wildman–Crippen LogP) is 0.202. The van der Waals surface area contributed by atoms with Crippen LogP contribution in [0.25, 0.3) is 11.4 Å². The van der Waals surface area contributed by atoms with Gasteiger partial charge in [-0.15, -0.1) is 0 Å². The van der Waals surface area contributed by atoms with Crippen molar-refractivity contribution in [2.75, 3.05) is 26.2 Å². The summed E-state index contributed by atoms with van der Waals surface area (Å²) in [6.45, 7) is 3.16. The van der Waals surface area contributed by atoms with Gasteiger partial charge in [0.25, 0.3) is 5.56 Å². The molecule has 1 fully saturated rings. The van der Waals surface area contributed by atoms with Crippen molar-refractivity contribution in [2.24, 2.45) is 14.1 Å². The Bertz CT molecular complexity index is 1340. The molecular formula is C20H24N6O5S. The highest BCUT2D eigenvalue weighted by Gasteiger charge is 2.34. The van der Waals surface area contributed by atoms with E-state index in [2.05, 4.69) is 10.1 Å². The Morgan fingerprint density at radius 3 is 2.34 bits per heavy atom. The van der Waals surface area contributed by atoms with Crippen LogP contribution in [0, 0.1) is 0 Å². The second kappa shape index (κ2) is 8.45. The number of benzene rings is 1. The number of rotatable bonds is 5. The molecule has 0 radical (unpaired) electrons. The molecule has 32 heavy (non-hydrogen) atoms. The molecule has 0 amide bonds. The van der Waals surface area contributed by atoms with Crippen molar-refractivity contribution in [1.29, 1.82) is 0 Å². The zero-order chi connectivity index (χ0) is 23.0. The van der Waals surface area contributed by atoms with Crippen molar-refractivity contribution in [2.45, 2.75) is 17.9 Å². The lowest BCUT2D eigenvalue weighted by Gasteiger charge is -2.35. The highest BCUT2D eigenvalue weighted by atomic mass is 32.2. The Hall–Kier alpha value is -3.09. The van der Waals surface area contributed by atoms with Crippen LogP contribution in [0.2, 0.25) is 0 Å². The minimum Gasteiger partial charge on any atom is -0.337 e. The number of aryl methyl sites for hydroxylation is 1. The summed E-state index contributed by atoms with van der Waals surface area (Å²) in [5.74, 6) is 0.950. The average molecular weight is 461 g/mol. The second-order valence-corrected chi connectivity index (χ2v) is 9.60. The van der Waals surface area contributed by atoms with Crippen LogP contribution in [0.3, 0.4) is 0 Å². The third-order valence-electron chi connectivity index (χ3n) is 5.68. The number of nitrogens with zero attached hydrogens (tertiary/aromatic N) is 6. The lowest BCUT2D eigenvalue weighted by atomic mass is 10.2. The lowest BCUT2D eigenvalue weighted by Crippen LogP contribution is -2.51. The monoisotopic (exact) mass is 460 g/mol. The Labute approximate surface area is 184 Å². The molecule has 4 rings (SSSR count). The van der Waals surface area contributed by atoms with E-state index in [9.17, 15) is 18.0 Å². The van der Waals surface area contributed by atoms with Crippen LogP contribution in [0.15, 0.2) is 55.5 Å². The Balaban J connectivity index is 1.48. The maximum atomic E-state index is 13.1. The number of hydrogen-bond donors (Lipinski definition) is 0. The molecule has 1 atom stereocenters. The van der Waals surface area contributed by atoms with Crippen LogP contribution >= 0.6 is 0 Å². The van der Waals surface area contributed by atoms with Crippen LogP contribution in [0.5, 0.6) is 0 Å². The normalized spacial score (nSPS) is 16.8. The van der Waals surface area contributed by atoms with E-state index in [1.165, 1.54) is 18.4 Å². The molecular weight excluding hydrogens is 436 g/mol. The van der Waals surface area contributed by atoms with Crippen LogP contribution in [-0.4, -0.2) is 63.1 Å². The van der Waals surface area contributed by atoms with E-state index in [1.54, 1.807) is 0 Å². The average Bonchev–Trinajstić information content (AvgIpc) is 3.30. The van der Waals surface area contributed by atoms with E-state index in [-0.39, 0.29) is 19.1 Å². The van der Waals surface area contributed by atoms with E-state index in [1.807, 2.05) is 42.2 Å². The van der Waals surface area contributed by atoms with Crippen molar-refractivity contribution in [3.05, 3.63) is 63.3 Å². The largest absolute Gasteiger partial charge is 0.337 e. The molecule has 2 aromatic heterocycles. The van der Waals surface area contributed by atoms with Gasteiger partial charge in [-0.3, -0.25) is 14.3 Å². The van der Waals surface area contributed by atoms with E-state index in [0.29, 0.717) is 24.8 Å². The fraction of sp³-hybridized carbons (Fsp3) is 0.400. The van der Waals surface area contributed by atoms with Crippen molar-refractivity contribution in [3.63, 3.8) is 0 Å². The highest BCUT2D eigenvalue weighted by molar-refractivity contribution is 7.89. The molecule has 0 saturated carbocycles. The van der Waals surface area contributed by atoms with Gasteiger partial charge in [-0.1, -0.05) is 35.5 Å². The summed E-state index contributed by atoms with van der Waals surface area (Å²) in [6, 6.07) is 9.29. The fourth-order valence-corrected chi connectivity index (χ4v) is 5.26. The van der Waals surface area contributed by atoms with E-state index in [0.717, 1.165) is 20.9 Å².